The van der Waals surface area contributed by atoms with Gasteiger partial charge in [-0.1, -0.05) is 78.9 Å². The number of hydrogen-bond donors (Lipinski definition) is 1. The second-order valence-electron chi connectivity index (χ2n) is 7.99. The van der Waals surface area contributed by atoms with Crippen LogP contribution in [0.15, 0.2) is 103 Å². The molecule has 4 nitrogen and oxygen atoms in total. The summed E-state index contributed by atoms with van der Waals surface area (Å²) in [5.74, 6) is 0.0986. The van der Waals surface area contributed by atoms with Crippen molar-refractivity contribution in [1.82, 2.24) is 10.3 Å². The molecule has 1 aromatic heterocycles. The van der Waals surface area contributed by atoms with Crippen LogP contribution in [0.2, 0.25) is 0 Å². The summed E-state index contributed by atoms with van der Waals surface area (Å²) in [7, 11) is 0. The molecule has 0 fully saturated rings. The summed E-state index contributed by atoms with van der Waals surface area (Å²) in [6.07, 6.45) is 5.16. The van der Waals surface area contributed by atoms with E-state index in [-0.39, 0.29) is 11.7 Å². The standard InChI is InChI=1S/C29H26N2O2/c32-26(17-16-23-7-6-18-30-20-23)19-22-12-14-24(15-13-22)21-31-29(33)28-11-5-4-10-27(28)25-8-2-1-3-9-25/h1-15,18,20H,16-17,19,21H2,(H,31,33). The number of nitrogens with one attached hydrogen (secondary N) is 1. The topological polar surface area (TPSA) is 59.1 Å². The van der Waals surface area contributed by atoms with Crippen molar-refractivity contribution >= 4 is 11.7 Å². The zero-order chi connectivity index (χ0) is 22.9. The van der Waals surface area contributed by atoms with Crippen molar-refractivity contribution in [2.24, 2.45) is 0 Å². The van der Waals surface area contributed by atoms with E-state index in [1.165, 1.54) is 0 Å². The number of aryl methyl sites for hydroxylation is 1. The maximum atomic E-state index is 12.9. The van der Waals surface area contributed by atoms with Crippen molar-refractivity contribution in [2.45, 2.75) is 25.8 Å². The van der Waals surface area contributed by atoms with E-state index in [2.05, 4.69) is 10.3 Å². The zero-order valence-electron chi connectivity index (χ0n) is 18.4. The molecular formula is C29H26N2O2. The van der Waals surface area contributed by atoms with E-state index >= 15 is 0 Å². The summed E-state index contributed by atoms with van der Waals surface area (Å²) in [4.78, 5) is 29.3. The van der Waals surface area contributed by atoms with Gasteiger partial charge < -0.3 is 5.32 Å². The number of nitrogens with zero attached hydrogens (tertiary/aromatic N) is 1. The summed E-state index contributed by atoms with van der Waals surface area (Å²) >= 11 is 0. The molecule has 1 heterocycles. The molecule has 3 aromatic carbocycles. The Balaban J connectivity index is 1.31. The molecule has 0 aliphatic carbocycles. The summed E-state index contributed by atoms with van der Waals surface area (Å²) in [5, 5.41) is 3.01. The number of ketones is 1. The van der Waals surface area contributed by atoms with Gasteiger partial charge in [0.2, 0.25) is 0 Å². The molecule has 0 saturated carbocycles. The minimum atomic E-state index is -0.107. The Bertz CT molecular complexity index is 1200. The molecule has 4 aromatic rings. The lowest BCUT2D eigenvalue weighted by atomic mass is 9.99. The van der Waals surface area contributed by atoms with Gasteiger partial charge in [-0.3, -0.25) is 14.6 Å². The SMILES string of the molecule is O=C(CCc1cccnc1)Cc1ccc(CNC(=O)c2ccccc2-c2ccccc2)cc1. The lowest BCUT2D eigenvalue weighted by molar-refractivity contribution is -0.118. The van der Waals surface area contributed by atoms with Crippen LogP contribution in [-0.4, -0.2) is 16.7 Å². The van der Waals surface area contributed by atoms with Crippen LogP contribution in [0.3, 0.4) is 0 Å². The fourth-order valence-electron chi connectivity index (χ4n) is 3.75. The maximum Gasteiger partial charge on any atom is 0.252 e. The number of rotatable bonds is 9. The van der Waals surface area contributed by atoms with Crippen LogP contribution in [-0.2, 0) is 24.2 Å². The molecule has 33 heavy (non-hydrogen) atoms. The molecule has 0 atom stereocenters. The van der Waals surface area contributed by atoms with Crippen LogP contribution in [0, 0.1) is 0 Å². The third-order valence-corrected chi connectivity index (χ3v) is 5.55. The Hall–Kier alpha value is -4.05. The molecular weight excluding hydrogens is 408 g/mol. The predicted octanol–water partition coefficient (Wildman–Crippen LogP) is 5.42. The summed E-state index contributed by atoms with van der Waals surface area (Å²) in [6.45, 7) is 0.428. The summed E-state index contributed by atoms with van der Waals surface area (Å²) in [5.41, 5.74) is 5.63. The van der Waals surface area contributed by atoms with E-state index < -0.39 is 0 Å². The molecule has 4 rings (SSSR count). The Kier molecular flexibility index (Phi) is 7.39. The van der Waals surface area contributed by atoms with E-state index in [0.29, 0.717) is 31.4 Å². The minimum absolute atomic E-state index is 0.107. The number of amides is 1. The smallest absolute Gasteiger partial charge is 0.252 e. The maximum absolute atomic E-state index is 12.9. The first-order chi connectivity index (χ1) is 16.2. The normalized spacial score (nSPS) is 10.5. The van der Waals surface area contributed by atoms with Gasteiger partial charge >= 0.3 is 0 Å². The van der Waals surface area contributed by atoms with Gasteiger partial charge in [-0.15, -0.1) is 0 Å². The van der Waals surface area contributed by atoms with Crippen LogP contribution in [0.5, 0.6) is 0 Å². The van der Waals surface area contributed by atoms with E-state index in [1.54, 1.807) is 12.4 Å². The fourth-order valence-corrected chi connectivity index (χ4v) is 3.75. The van der Waals surface area contributed by atoms with Crippen LogP contribution < -0.4 is 5.32 Å². The average Bonchev–Trinajstić information content (AvgIpc) is 2.88. The molecule has 0 unspecified atom stereocenters. The fraction of sp³-hybridized carbons (Fsp3) is 0.138. The largest absolute Gasteiger partial charge is 0.348 e. The van der Waals surface area contributed by atoms with Crippen molar-refractivity contribution in [1.29, 1.82) is 0 Å². The number of Topliss-reactive ketones (excluding diaryl/α,β-unsaturated/α-hetero) is 1. The Morgan fingerprint density at radius 1 is 0.727 bits per heavy atom. The van der Waals surface area contributed by atoms with Gasteiger partial charge in [0.15, 0.2) is 0 Å². The summed E-state index contributed by atoms with van der Waals surface area (Å²) < 4.78 is 0. The number of benzene rings is 3. The van der Waals surface area contributed by atoms with Crippen molar-refractivity contribution in [3.05, 3.63) is 126 Å². The molecule has 0 spiro atoms. The van der Waals surface area contributed by atoms with Crippen LogP contribution in [0.1, 0.15) is 33.5 Å². The van der Waals surface area contributed by atoms with Crippen LogP contribution in [0.25, 0.3) is 11.1 Å². The molecule has 0 saturated heterocycles. The van der Waals surface area contributed by atoms with Gasteiger partial charge in [-0.2, -0.15) is 0 Å². The predicted molar refractivity (Wildman–Crippen MR) is 131 cm³/mol. The molecule has 4 heteroatoms. The van der Waals surface area contributed by atoms with Gasteiger partial charge in [-0.25, -0.2) is 0 Å². The second-order valence-corrected chi connectivity index (χ2v) is 7.99. The quantitative estimate of drug-likeness (QED) is 0.382. The third kappa shape index (κ3) is 6.23. The highest BCUT2D eigenvalue weighted by Gasteiger charge is 2.12. The third-order valence-electron chi connectivity index (χ3n) is 5.55. The van der Waals surface area contributed by atoms with E-state index in [0.717, 1.165) is 27.8 Å². The number of aromatic nitrogens is 1. The van der Waals surface area contributed by atoms with E-state index in [9.17, 15) is 9.59 Å². The van der Waals surface area contributed by atoms with Crippen LogP contribution >= 0.6 is 0 Å². The molecule has 164 valence electrons. The second kappa shape index (κ2) is 11.0. The number of carbonyl (C=O) groups is 2. The van der Waals surface area contributed by atoms with E-state index in [1.807, 2.05) is 91.0 Å². The number of hydrogen-bond acceptors (Lipinski definition) is 3. The summed E-state index contributed by atoms with van der Waals surface area (Å²) in [6, 6.07) is 29.3. The van der Waals surface area contributed by atoms with Crippen molar-refractivity contribution < 1.29 is 9.59 Å². The van der Waals surface area contributed by atoms with Crippen LogP contribution in [0.4, 0.5) is 0 Å². The van der Waals surface area contributed by atoms with E-state index in [4.69, 9.17) is 0 Å². The van der Waals surface area contributed by atoms with Gasteiger partial charge in [0.25, 0.3) is 5.91 Å². The minimum Gasteiger partial charge on any atom is -0.348 e. The van der Waals surface area contributed by atoms with Gasteiger partial charge in [0, 0.05) is 37.3 Å². The molecule has 0 bridgehead atoms. The number of carbonyl (C=O) groups excluding carboxylic acids is 2. The van der Waals surface area contributed by atoms with Gasteiger partial charge in [-0.05, 0) is 46.4 Å². The first-order valence-corrected chi connectivity index (χ1v) is 11.1. The molecule has 1 N–H and O–H groups in total. The highest BCUT2D eigenvalue weighted by Crippen LogP contribution is 2.23. The lowest BCUT2D eigenvalue weighted by Gasteiger charge is -2.11. The molecule has 1 amide bonds. The van der Waals surface area contributed by atoms with Gasteiger partial charge in [0.1, 0.15) is 5.78 Å². The number of pyridine rings is 1. The zero-order valence-corrected chi connectivity index (χ0v) is 18.4. The first-order valence-electron chi connectivity index (χ1n) is 11.1. The molecule has 0 aliphatic heterocycles. The van der Waals surface area contributed by atoms with Gasteiger partial charge in [0.05, 0.1) is 0 Å². The van der Waals surface area contributed by atoms with Crippen molar-refractivity contribution in [2.75, 3.05) is 0 Å². The molecule has 0 radical (unpaired) electrons. The first kappa shape index (κ1) is 22.2. The monoisotopic (exact) mass is 434 g/mol. The average molecular weight is 435 g/mol. The highest BCUT2D eigenvalue weighted by atomic mass is 16.1. The van der Waals surface area contributed by atoms with Crippen molar-refractivity contribution in [3.63, 3.8) is 0 Å². The Morgan fingerprint density at radius 3 is 2.21 bits per heavy atom. The lowest BCUT2D eigenvalue weighted by Crippen LogP contribution is -2.23. The molecule has 0 aliphatic rings. The Labute approximate surface area is 194 Å². The highest BCUT2D eigenvalue weighted by molar-refractivity contribution is 6.00. The van der Waals surface area contributed by atoms with Crippen molar-refractivity contribution in [3.8, 4) is 11.1 Å². The Morgan fingerprint density at radius 2 is 1.45 bits per heavy atom.